The topological polar surface area (TPSA) is 8.17 Å². The monoisotopic (exact) mass is 870 g/mol. The SMILES string of the molecule is C/C=C\c1c(C)ccc2cc(-c3ccc(N(c4ccc(-c5cccc(C6=CC=CCC6)c5)cc4)c4cccc(-c5cc6ccccc6c6c5c5ccccc5n6-c5ccccc5)c4)cc3)ccc12. The van der Waals surface area contributed by atoms with Crippen molar-refractivity contribution in [3.05, 3.63) is 253 Å². The Kier molecular flexibility index (Phi) is 10.5. The molecular formula is C66H50N2. The standard InChI is InChI=1S/C66H50N2/c1-3-16-59-45(2)29-30-54-42-51(35-40-60(54)59)48-33-38-57(39-34-48)67(56-36-31-47(32-37-56)50-21-14-20-49(41-50)46-17-6-4-7-18-46)58-25-15-22-52(43-58)63-44-53-19-10-11-26-61(53)66-65(63)62-27-12-13-28-64(62)68(66)55-23-8-5-9-24-55/h3-6,8-17,19-44H,7,18H2,1-2H3/b16-3-. The molecule has 0 radical (unpaired) electrons. The van der Waals surface area contributed by atoms with Crippen molar-refractivity contribution < 1.29 is 0 Å². The lowest BCUT2D eigenvalue weighted by Gasteiger charge is -2.26. The molecule has 0 saturated heterocycles. The number of benzene rings is 10. The van der Waals surface area contributed by atoms with E-state index in [1.54, 1.807) is 0 Å². The number of aryl methyl sites for hydroxylation is 1. The Hall–Kier alpha value is -8.46. The lowest BCUT2D eigenvalue weighted by atomic mass is 9.94. The van der Waals surface area contributed by atoms with Gasteiger partial charge in [0.15, 0.2) is 0 Å². The zero-order valence-electron chi connectivity index (χ0n) is 38.4. The summed E-state index contributed by atoms with van der Waals surface area (Å²) >= 11 is 0. The molecule has 0 atom stereocenters. The van der Waals surface area contributed by atoms with Crippen molar-refractivity contribution in [1.82, 2.24) is 4.57 Å². The van der Waals surface area contributed by atoms with Gasteiger partial charge in [0.05, 0.1) is 11.0 Å². The lowest BCUT2D eigenvalue weighted by molar-refractivity contribution is 1.05. The molecule has 0 aliphatic heterocycles. The van der Waals surface area contributed by atoms with Gasteiger partial charge in [-0.05, 0) is 171 Å². The van der Waals surface area contributed by atoms with Crippen LogP contribution in [0.5, 0.6) is 0 Å². The molecule has 2 nitrogen and oxygen atoms in total. The number of aromatic nitrogens is 1. The van der Waals surface area contributed by atoms with E-state index >= 15 is 0 Å². The maximum atomic E-state index is 2.45. The van der Waals surface area contributed by atoms with Crippen molar-refractivity contribution in [3.63, 3.8) is 0 Å². The van der Waals surface area contributed by atoms with Gasteiger partial charge in [0.1, 0.15) is 0 Å². The predicted octanol–water partition coefficient (Wildman–Crippen LogP) is 18.6. The van der Waals surface area contributed by atoms with Crippen LogP contribution in [0.4, 0.5) is 17.1 Å². The molecule has 0 saturated carbocycles. The Labute approximate surface area is 398 Å². The molecule has 1 aliphatic rings. The van der Waals surface area contributed by atoms with Crippen LogP contribution in [0, 0.1) is 6.92 Å². The molecule has 0 spiro atoms. The highest BCUT2D eigenvalue weighted by Crippen LogP contribution is 2.45. The number of nitrogens with zero attached hydrogens (tertiary/aromatic N) is 2. The smallest absolute Gasteiger partial charge is 0.0625 e. The minimum absolute atomic E-state index is 1.07. The zero-order chi connectivity index (χ0) is 45.6. The lowest BCUT2D eigenvalue weighted by Crippen LogP contribution is -2.10. The molecule has 0 bridgehead atoms. The van der Waals surface area contributed by atoms with Crippen LogP contribution in [0.1, 0.15) is 36.5 Å². The van der Waals surface area contributed by atoms with Gasteiger partial charge in [-0.25, -0.2) is 0 Å². The zero-order valence-corrected chi connectivity index (χ0v) is 38.4. The largest absolute Gasteiger partial charge is 0.310 e. The highest BCUT2D eigenvalue weighted by atomic mass is 15.1. The summed E-state index contributed by atoms with van der Waals surface area (Å²) in [6, 6.07) is 78.6. The second-order valence-corrected chi connectivity index (χ2v) is 18.0. The van der Waals surface area contributed by atoms with E-state index in [4.69, 9.17) is 0 Å². The van der Waals surface area contributed by atoms with E-state index in [0.717, 1.165) is 35.6 Å². The second kappa shape index (κ2) is 17.4. The van der Waals surface area contributed by atoms with Crippen molar-refractivity contribution in [2.45, 2.75) is 26.7 Å². The molecule has 1 heterocycles. The van der Waals surface area contributed by atoms with Gasteiger partial charge in [-0.3, -0.25) is 0 Å². The number of hydrogen-bond donors (Lipinski definition) is 0. The van der Waals surface area contributed by atoms with Crippen LogP contribution in [0.15, 0.2) is 237 Å². The molecule has 1 aromatic heterocycles. The van der Waals surface area contributed by atoms with Crippen LogP contribution in [0.2, 0.25) is 0 Å². The number of allylic oxidation sites excluding steroid dienone is 5. The third-order valence-corrected chi connectivity index (χ3v) is 13.9. The van der Waals surface area contributed by atoms with Crippen LogP contribution >= 0.6 is 0 Å². The second-order valence-electron chi connectivity index (χ2n) is 18.0. The Bertz CT molecular complexity index is 3790. The predicted molar refractivity (Wildman–Crippen MR) is 293 cm³/mol. The van der Waals surface area contributed by atoms with E-state index < -0.39 is 0 Å². The molecule has 10 aromatic carbocycles. The first-order valence-corrected chi connectivity index (χ1v) is 23.8. The van der Waals surface area contributed by atoms with Gasteiger partial charge in [-0.1, -0.05) is 170 Å². The number of fused-ring (bicyclic) bond motifs is 6. The fraction of sp³-hybridized carbons (Fsp3) is 0.0606. The first-order chi connectivity index (χ1) is 33.6. The number of rotatable bonds is 9. The summed E-state index contributed by atoms with van der Waals surface area (Å²) < 4.78 is 2.45. The van der Waals surface area contributed by atoms with E-state index in [9.17, 15) is 0 Å². The van der Waals surface area contributed by atoms with Crippen LogP contribution in [-0.4, -0.2) is 4.57 Å². The molecule has 1 aliphatic carbocycles. The first-order valence-electron chi connectivity index (χ1n) is 23.8. The van der Waals surface area contributed by atoms with Crippen molar-refractivity contribution in [2.75, 3.05) is 4.90 Å². The summed E-state index contributed by atoms with van der Waals surface area (Å²) in [5, 5.41) is 7.47. The normalized spacial score (nSPS) is 12.7. The number of anilines is 3. The molecule has 2 heteroatoms. The Morgan fingerprint density at radius 2 is 1.15 bits per heavy atom. The molecule has 68 heavy (non-hydrogen) atoms. The minimum atomic E-state index is 1.07. The van der Waals surface area contributed by atoms with Gasteiger partial charge in [-0.15, -0.1) is 0 Å². The van der Waals surface area contributed by atoms with Gasteiger partial charge in [-0.2, -0.15) is 0 Å². The summed E-state index contributed by atoms with van der Waals surface area (Å²) in [6.07, 6.45) is 13.2. The maximum absolute atomic E-state index is 2.45. The molecular weight excluding hydrogens is 821 g/mol. The average Bonchev–Trinajstić information content (AvgIpc) is 3.76. The van der Waals surface area contributed by atoms with Crippen LogP contribution in [0.3, 0.4) is 0 Å². The van der Waals surface area contributed by atoms with E-state index in [1.165, 1.54) is 99.0 Å². The van der Waals surface area contributed by atoms with E-state index in [2.05, 4.69) is 266 Å². The van der Waals surface area contributed by atoms with E-state index in [0.29, 0.717) is 0 Å². The average molecular weight is 871 g/mol. The van der Waals surface area contributed by atoms with Crippen LogP contribution < -0.4 is 4.90 Å². The fourth-order valence-electron chi connectivity index (χ4n) is 10.5. The highest BCUT2D eigenvalue weighted by molar-refractivity contribution is 6.24. The number of para-hydroxylation sites is 2. The summed E-state index contributed by atoms with van der Waals surface area (Å²) in [6.45, 7) is 4.28. The molecule has 11 aromatic rings. The molecule has 0 amide bonds. The summed E-state index contributed by atoms with van der Waals surface area (Å²) in [7, 11) is 0. The Morgan fingerprint density at radius 3 is 1.91 bits per heavy atom. The van der Waals surface area contributed by atoms with Crippen molar-refractivity contribution in [1.29, 1.82) is 0 Å². The third-order valence-electron chi connectivity index (χ3n) is 13.9. The first kappa shape index (κ1) is 41.0. The van der Waals surface area contributed by atoms with Gasteiger partial charge >= 0.3 is 0 Å². The van der Waals surface area contributed by atoms with Crippen molar-refractivity contribution >= 4 is 72.1 Å². The molecule has 12 rings (SSSR count). The summed E-state index contributed by atoms with van der Waals surface area (Å²) in [5.74, 6) is 0. The van der Waals surface area contributed by atoms with Crippen molar-refractivity contribution in [2.24, 2.45) is 0 Å². The quantitative estimate of drug-likeness (QED) is 0.140. The molecule has 0 N–H and O–H groups in total. The fourth-order valence-corrected chi connectivity index (χ4v) is 10.5. The summed E-state index contributed by atoms with van der Waals surface area (Å²) in [5.41, 5.74) is 19.3. The number of hydrogen-bond acceptors (Lipinski definition) is 1. The maximum Gasteiger partial charge on any atom is 0.0625 e. The summed E-state index contributed by atoms with van der Waals surface area (Å²) in [4.78, 5) is 2.41. The van der Waals surface area contributed by atoms with Crippen LogP contribution in [-0.2, 0) is 0 Å². The Balaban J connectivity index is 1.00. The van der Waals surface area contributed by atoms with E-state index in [-0.39, 0.29) is 0 Å². The molecule has 0 unspecified atom stereocenters. The molecule has 0 fully saturated rings. The van der Waals surface area contributed by atoms with Gasteiger partial charge in [0.25, 0.3) is 0 Å². The third kappa shape index (κ3) is 7.32. The highest BCUT2D eigenvalue weighted by Gasteiger charge is 2.21. The van der Waals surface area contributed by atoms with Crippen molar-refractivity contribution in [3.8, 4) is 39.1 Å². The van der Waals surface area contributed by atoms with E-state index in [1.807, 2.05) is 0 Å². The van der Waals surface area contributed by atoms with Crippen LogP contribution in [0.25, 0.3) is 94.1 Å². The van der Waals surface area contributed by atoms with Gasteiger partial charge in [0.2, 0.25) is 0 Å². The van der Waals surface area contributed by atoms with Gasteiger partial charge < -0.3 is 9.47 Å². The minimum Gasteiger partial charge on any atom is -0.310 e. The Morgan fingerprint density at radius 1 is 0.485 bits per heavy atom. The molecule has 324 valence electrons. The van der Waals surface area contributed by atoms with Gasteiger partial charge in [0, 0.05) is 38.9 Å².